The zero-order valence-electron chi connectivity index (χ0n) is 21.4. The Morgan fingerprint density at radius 3 is 2.56 bits per heavy atom. The van der Waals surface area contributed by atoms with E-state index in [-0.39, 0.29) is 17.6 Å². The first-order valence-electron chi connectivity index (χ1n) is 13.4. The molecule has 0 spiro atoms. The monoisotopic (exact) mass is 491 g/mol. The number of pyridine rings is 1. The SMILES string of the molecule is CCCCNc1ncc2c3ccc(CN4CCN(C)CC4)cc3c(=O)n(C3CCC(N=O)CC3)c2n1. The summed E-state index contributed by atoms with van der Waals surface area (Å²) in [6.07, 6.45) is 6.88. The molecule has 3 aromatic rings. The van der Waals surface area contributed by atoms with Crippen LogP contribution < -0.4 is 10.9 Å². The van der Waals surface area contributed by atoms with Crippen LogP contribution in [0.5, 0.6) is 0 Å². The number of rotatable bonds is 8. The second-order valence-electron chi connectivity index (χ2n) is 10.4. The molecule has 192 valence electrons. The molecule has 1 saturated carbocycles. The van der Waals surface area contributed by atoms with Crippen LogP contribution in [-0.4, -0.2) is 70.1 Å². The molecule has 0 atom stereocenters. The number of nitrogens with one attached hydrogen (secondary N) is 1. The Labute approximate surface area is 211 Å². The van der Waals surface area contributed by atoms with E-state index < -0.39 is 0 Å². The standard InChI is InChI=1S/C27H37N7O2/c1-3-4-11-28-27-29-17-24-22-10-5-19(18-33-14-12-32(2)13-15-33)16-23(22)26(35)34(25(24)30-27)21-8-6-20(31-36)7-9-21/h5,10,16-17,20-21H,3-4,6-9,11-15,18H2,1-2H3,(H,28,29,30). The molecule has 9 nitrogen and oxygen atoms in total. The van der Waals surface area contributed by atoms with Crippen LogP contribution in [0.3, 0.4) is 0 Å². The molecule has 0 unspecified atom stereocenters. The maximum Gasteiger partial charge on any atom is 0.260 e. The first-order valence-corrected chi connectivity index (χ1v) is 13.4. The summed E-state index contributed by atoms with van der Waals surface area (Å²) in [7, 11) is 2.16. The number of benzene rings is 1. The molecule has 1 N–H and O–H groups in total. The van der Waals surface area contributed by atoms with Gasteiger partial charge in [-0.3, -0.25) is 14.3 Å². The van der Waals surface area contributed by atoms with Crippen LogP contribution >= 0.6 is 0 Å². The number of anilines is 1. The average Bonchev–Trinajstić information content (AvgIpc) is 2.91. The van der Waals surface area contributed by atoms with Gasteiger partial charge >= 0.3 is 0 Å². The zero-order chi connectivity index (χ0) is 25.1. The number of aromatic nitrogens is 3. The third-order valence-corrected chi connectivity index (χ3v) is 7.82. The van der Waals surface area contributed by atoms with Crippen molar-refractivity contribution < 1.29 is 0 Å². The van der Waals surface area contributed by atoms with Crippen molar-refractivity contribution in [3.05, 3.63) is 45.2 Å². The van der Waals surface area contributed by atoms with E-state index >= 15 is 0 Å². The van der Waals surface area contributed by atoms with Gasteiger partial charge < -0.3 is 10.2 Å². The first-order chi connectivity index (χ1) is 17.6. The number of piperazine rings is 1. The minimum atomic E-state index is -0.153. The lowest BCUT2D eigenvalue weighted by molar-refractivity contribution is 0.148. The molecular weight excluding hydrogens is 454 g/mol. The number of hydrogen-bond donors (Lipinski definition) is 1. The van der Waals surface area contributed by atoms with Gasteiger partial charge in [-0.15, -0.1) is 0 Å². The summed E-state index contributed by atoms with van der Waals surface area (Å²) >= 11 is 0. The smallest absolute Gasteiger partial charge is 0.260 e. The van der Waals surface area contributed by atoms with Gasteiger partial charge in [-0.1, -0.05) is 30.7 Å². The van der Waals surface area contributed by atoms with E-state index in [1.165, 1.54) is 0 Å². The van der Waals surface area contributed by atoms with Crippen molar-refractivity contribution in [1.29, 1.82) is 0 Å². The van der Waals surface area contributed by atoms with Crippen LogP contribution in [0.15, 0.2) is 34.4 Å². The quantitative estimate of drug-likeness (QED) is 0.287. The largest absolute Gasteiger partial charge is 0.354 e. The van der Waals surface area contributed by atoms with E-state index in [1.807, 2.05) is 10.8 Å². The molecule has 5 rings (SSSR count). The van der Waals surface area contributed by atoms with Crippen molar-refractivity contribution in [1.82, 2.24) is 24.3 Å². The van der Waals surface area contributed by atoms with Crippen LogP contribution in [0.1, 0.15) is 57.1 Å². The molecular formula is C27H37N7O2. The van der Waals surface area contributed by atoms with E-state index in [0.29, 0.717) is 24.4 Å². The molecule has 2 fully saturated rings. The van der Waals surface area contributed by atoms with Gasteiger partial charge in [0.05, 0.1) is 6.04 Å². The summed E-state index contributed by atoms with van der Waals surface area (Å²) in [6.45, 7) is 7.98. The fourth-order valence-corrected chi connectivity index (χ4v) is 5.56. The fraction of sp³-hybridized carbons (Fsp3) is 0.593. The number of likely N-dealkylation sites (N-methyl/N-ethyl adjacent to an activating group) is 1. The Morgan fingerprint density at radius 1 is 1.06 bits per heavy atom. The van der Waals surface area contributed by atoms with Crippen LogP contribution in [0.2, 0.25) is 0 Å². The summed E-state index contributed by atoms with van der Waals surface area (Å²) in [5, 5.41) is 9.08. The second kappa shape index (κ2) is 11.0. The number of nitrogens with zero attached hydrogens (tertiary/aromatic N) is 6. The first kappa shape index (κ1) is 24.8. The summed E-state index contributed by atoms with van der Waals surface area (Å²) < 4.78 is 1.88. The minimum Gasteiger partial charge on any atom is -0.354 e. The Morgan fingerprint density at radius 2 is 1.83 bits per heavy atom. The zero-order valence-corrected chi connectivity index (χ0v) is 21.4. The molecule has 2 aliphatic rings. The van der Waals surface area contributed by atoms with Gasteiger partial charge in [0, 0.05) is 62.3 Å². The Bertz CT molecular complexity index is 1270. The number of unbranched alkanes of at least 4 members (excludes halogenated alkanes) is 1. The molecule has 0 bridgehead atoms. The highest BCUT2D eigenvalue weighted by atomic mass is 16.3. The predicted octanol–water partition coefficient (Wildman–Crippen LogP) is 4.15. The van der Waals surface area contributed by atoms with Gasteiger partial charge in [-0.25, -0.2) is 4.98 Å². The van der Waals surface area contributed by atoms with Crippen LogP contribution in [0, 0.1) is 4.91 Å². The van der Waals surface area contributed by atoms with Crippen molar-refractivity contribution in [2.24, 2.45) is 5.18 Å². The highest BCUT2D eigenvalue weighted by Gasteiger charge is 2.27. The van der Waals surface area contributed by atoms with Gasteiger partial charge in [0.2, 0.25) is 5.95 Å². The summed E-state index contributed by atoms with van der Waals surface area (Å²) in [4.78, 5) is 39.3. The fourth-order valence-electron chi connectivity index (χ4n) is 5.56. The summed E-state index contributed by atoms with van der Waals surface area (Å²) in [6, 6.07) is 6.12. The van der Waals surface area contributed by atoms with Gasteiger partial charge in [0.25, 0.3) is 5.56 Å². The molecule has 1 saturated heterocycles. The maximum atomic E-state index is 14.0. The van der Waals surface area contributed by atoms with E-state index in [9.17, 15) is 9.70 Å². The summed E-state index contributed by atoms with van der Waals surface area (Å²) in [5.41, 5.74) is 1.83. The van der Waals surface area contributed by atoms with Gasteiger partial charge in [0.1, 0.15) is 5.65 Å². The van der Waals surface area contributed by atoms with Crippen LogP contribution in [0.4, 0.5) is 5.95 Å². The highest BCUT2D eigenvalue weighted by Crippen LogP contribution is 2.33. The van der Waals surface area contributed by atoms with E-state index in [4.69, 9.17) is 4.98 Å². The summed E-state index contributed by atoms with van der Waals surface area (Å²) in [5.74, 6) is 0.554. The van der Waals surface area contributed by atoms with Crippen LogP contribution in [0.25, 0.3) is 21.8 Å². The Hall–Kier alpha value is -2.91. The molecule has 0 amide bonds. The molecule has 1 aromatic carbocycles. The lowest BCUT2D eigenvalue weighted by Gasteiger charge is -2.32. The number of nitroso groups, excluding NO2 is 1. The van der Waals surface area contributed by atoms with Crippen molar-refractivity contribution >= 4 is 27.8 Å². The van der Waals surface area contributed by atoms with Crippen molar-refractivity contribution in [3.63, 3.8) is 0 Å². The van der Waals surface area contributed by atoms with Gasteiger partial charge in [-0.2, -0.15) is 9.89 Å². The molecule has 1 aliphatic heterocycles. The number of hydrogen-bond acceptors (Lipinski definition) is 8. The number of fused-ring (bicyclic) bond motifs is 3. The lowest BCUT2D eigenvalue weighted by Crippen LogP contribution is -2.43. The predicted molar refractivity (Wildman–Crippen MR) is 145 cm³/mol. The highest BCUT2D eigenvalue weighted by molar-refractivity contribution is 6.04. The maximum absolute atomic E-state index is 14.0. The lowest BCUT2D eigenvalue weighted by atomic mass is 9.91. The van der Waals surface area contributed by atoms with E-state index in [1.54, 1.807) is 0 Å². The van der Waals surface area contributed by atoms with Crippen LogP contribution in [-0.2, 0) is 6.54 Å². The third-order valence-electron chi connectivity index (χ3n) is 7.82. The Balaban J connectivity index is 1.57. The average molecular weight is 492 g/mol. The van der Waals surface area contributed by atoms with Crippen molar-refractivity contribution in [2.75, 3.05) is 45.1 Å². The normalized spacial score (nSPS) is 21.7. The van der Waals surface area contributed by atoms with E-state index in [0.717, 1.165) is 86.7 Å². The van der Waals surface area contributed by atoms with E-state index in [2.05, 4.69) is 57.4 Å². The molecule has 9 heteroatoms. The van der Waals surface area contributed by atoms with Gasteiger partial charge in [-0.05, 0) is 56.2 Å². The topological polar surface area (TPSA) is 95.7 Å². The minimum absolute atomic E-state index is 0.00144. The van der Waals surface area contributed by atoms with Gasteiger partial charge in [0.15, 0.2) is 0 Å². The Kier molecular flexibility index (Phi) is 7.57. The van der Waals surface area contributed by atoms with Crippen molar-refractivity contribution in [3.8, 4) is 0 Å². The molecule has 0 radical (unpaired) electrons. The second-order valence-corrected chi connectivity index (χ2v) is 10.4. The molecule has 2 aromatic heterocycles. The molecule has 3 heterocycles. The third kappa shape index (κ3) is 5.13. The molecule has 36 heavy (non-hydrogen) atoms. The molecule has 1 aliphatic carbocycles. The van der Waals surface area contributed by atoms with Crippen molar-refractivity contribution in [2.45, 2.75) is 64.1 Å².